The van der Waals surface area contributed by atoms with Crippen molar-refractivity contribution < 1.29 is 4.74 Å². The Morgan fingerprint density at radius 2 is 2.10 bits per heavy atom. The number of halogens is 2. The number of piperidine rings is 1. The zero-order valence-electron chi connectivity index (χ0n) is 12.3. The Morgan fingerprint density at radius 1 is 1.24 bits per heavy atom. The Bertz CT molecular complexity index is 550. The van der Waals surface area contributed by atoms with Crippen LogP contribution in [0.25, 0.3) is 0 Å². The zero-order chi connectivity index (χ0) is 14.6. The van der Waals surface area contributed by atoms with Crippen LogP contribution in [-0.4, -0.2) is 36.2 Å². The summed E-state index contributed by atoms with van der Waals surface area (Å²) in [6.45, 7) is 4.02. The molecule has 3 fully saturated rings. The van der Waals surface area contributed by atoms with Crippen LogP contribution in [0.2, 0.25) is 10.0 Å². The van der Waals surface area contributed by atoms with Gasteiger partial charge in [0.1, 0.15) is 0 Å². The second-order valence-corrected chi connectivity index (χ2v) is 7.40. The molecule has 21 heavy (non-hydrogen) atoms. The summed E-state index contributed by atoms with van der Waals surface area (Å²) in [5, 5.41) is 1.32. The topological polar surface area (TPSA) is 12.5 Å². The van der Waals surface area contributed by atoms with Gasteiger partial charge in [-0.3, -0.25) is 4.90 Å². The molecule has 114 valence electrons. The molecule has 0 aromatic heterocycles. The Balaban J connectivity index is 1.69. The van der Waals surface area contributed by atoms with Crippen LogP contribution < -0.4 is 0 Å². The van der Waals surface area contributed by atoms with E-state index >= 15 is 0 Å². The van der Waals surface area contributed by atoms with E-state index < -0.39 is 0 Å². The molecule has 4 heteroatoms. The van der Waals surface area contributed by atoms with Crippen molar-refractivity contribution in [3.63, 3.8) is 0 Å². The molecule has 0 amide bonds. The summed E-state index contributed by atoms with van der Waals surface area (Å²) in [6, 6.07) is 7.62. The lowest BCUT2D eigenvalue weighted by molar-refractivity contribution is 0.0333. The van der Waals surface area contributed by atoms with Crippen molar-refractivity contribution in [2.45, 2.75) is 50.3 Å². The molecule has 0 aliphatic carbocycles. The molecule has 2 nitrogen and oxygen atoms in total. The fourth-order valence-electron chi connectivity index (χ4n) is 4.95. The monoisotopic (exact) mass is 325 g/mol. The van der Waals surface area contributed by atoms with Crippen LogP contribution in [0.5, 0.6) is 0 Å². The molecule has 0 radical (unpaired) electrons. The summed E-state index contributed by atoms with van der Waals surface area (Å²) in [7, 11) is 0. The molecule has 0 saturated carbocycles. The minimum Gasteiger partial charge on any atom is -0.377 e. The van der Waals surface area contributed by atoms with Gasteiger partial charge in [0, 0.05) is 31.2 Å². The number of nitrogens with zero attached hydrogens (tertiary/aromatic N) is 1. The van der Waals surface area contributed by atoms with Gasteiger partial charge in [0.15, 0.2) is 0 Å². The zero-order valence-corrected chi connectivity index (χ0v) is 13.8. The first-order chi connectivity index (χ1) is 10.2. The van der Waals surface area contributed by atoms with Crippen LogP contribution in [-0.2, 0) is 4.74 Å². The standard InChI is InChI=1S/C17H21Cl2NO/c1-2-21-16-9-20-11-4-6-15(20)17(16)12(8-11)10-3-5-13(18)14(19)7-10/h3,5,7,11-12,15-17H,2,4,6,8-9H2,1H3/t11?,12-,15?,16-,17?/m0/s1. The third kappa shape index (κ3) is 2.23. The van der Waals surface area contributed by atoms with Gasteiger partial charge < -0.3 is 4.74 Å². The third-order valence-electron chi connectivity index (χ3n) is 5.70. The number of hydrogen-bond donors (Lipinski definition) is 0. The second-order valence-electron chi connectivity index (χ2n) is 6.58. The SMILES string of the molecule is CCO[C@H]1CN2C3CCC2C1[C@H](c1ccc(Cl)c(Cl)c1)C3. The minimum atomic E-state index is 0.379. The van der Waals surface area contributed by atoms with E-state index in [2.05, 4.69) is 24.0 Å². The molecule has 3 aliphatic rings. The maximum Gasteiger partial charge on any atom is 0.0750 e. The first-order valence-electron chi connectivity index (χ1n) is 8.01. The smallest absolute Gasteiger partial charge is 0.0750 e. The minimum absolute atomic E-state index is 0.379. The van der Waals surface area contributed by atoms with Gasteiger partial charge in [-0.2, -0.15) is 0 Å². The van der Waals surface area contributed by atoms with E-state index in [0.29, 0.717) is 34.0 Å². The first-order valence-corrected chi connectivity index (χ1v) is 8.77. The molecule has 1 aromatic carbocycles. The van der Waals surface area contributed by atoms with Gasteiger partial charge in [-0.1, -0.05) is 29.3 Å². The number of benzene rings is 1. The second kappa shape index (κ2) is 5.42. The predicted octanol–water partition coefficient (Wildman–Crippen LogP) is 4.35. The van der Waals surface area contributed by atoms with Crippen LogP contribution in [0, 0.1) is 5.92 Å². The molecule has 3 aliphatic heterocycles. The van der Waals surface area contributed by atoms with E-state index in [-0.39, 0.29) is 0 Å². The lowest BCUT2D eigenvalue weighted by Crippen LogP contribution is -2.41. The third-order valence-corrected chi connectivity index (χ3v) is 6.44. The Kier molecular flexibility index (Phi) is 3.69. The molecule has 0 N–H and O–H groups in total. The van der Waals surface area contributed by atoms with Crippen LogP contribution in [0.3, 0.4) is 0 Å². The van der Waals surface area contributed by atoms with E-state index in [1.54, 1.807) is 0 Å². The average Bonchev–Trinajstić information content (AvgIpc) is 2.88. The number of ether oxygens (including phenoxy) is 1. The van der Waals surface area contributed by atoms with Crippen molar-refractivity contribution in [2.24, 2.45) is 5.92 Å². The predicted molar refractivity (Wildman–Crippen MR) is 86.2 cm³/mol. The molecular formula is C17H21Cl2NO. The lowest BCUT2D eigenvalue weighted by Gasteiger charge is -2.38. The Hall–Kier alpha value is -0.280. The van der Waals surface area contributed by atoms with Crippen LogP contribution in [0.4, 0.5) is 0 Å². The molecule has 4 unspecified atom stereocenters. The molecule has 3 saturated heterocycles. The summed E-state index contributed by atoms with van der Waals surface area (Å²) in [5.74, 6) is 1.17. The highest BCUT2D eigenvalue weighted by Crippen LogP contribution is 2.53. The summed E-state index contributed by atoms with van der Waals surface area (Å²) < 4.78 is 6.07. The van der Waals surface area contributed by atoms with Crippen LogP contribution in [0.15, 0.2) is 18.2 Å². The maximum absolute atomic E-state index is 6.25. The maximum atomic E-state index is 6.25. The quantitative estimate of drug-likeness (QED) is 0.819. The molecule has 4 bridgehead atoms. The first kappa shape index (κ1) is 14.3. The van der Waals surface area contributed by atoms with Gasteiger partial charge in [-0.25, -0.2) is 0 Å². The van der Waals surface area contributed by atoms with E-state index in [1.165, 1.54) is 24.8 Å². The highest BCUT2D eigenvalue weighted by atomic mass is 35.5. The molecular weight excluding hydrogens is 305 g/mol. The van der Waals surface area contributed by atoms with Crippen molar-refractivity contribution in [1.29, 1.82) is 0 Å². The summed E-state index contributed by atoms with van der Waals surface area (Å²) in [5.41, 5.74) is 1.34. The van der Waals surface area contributed by atoms with Gasteiger partial charge in [0.25, 0.3) is 0 Å². The summed E-state index contributed by atoms with van der Waals surface area (Å²) in [4.78, 5) is 2.71. The van der Waals surface area contributed by atoms with Gasteiger partial charge in [0.05, 0.1) is 16.1 Å². The summed E-state index contributed by atoms with van der Waals surface area (Å²) in [6.07, 6.45) is 4.29. The van der Waals surface area contributed by atoms with E-state index in [1.807, 2.05) is 6.07 Å². The van der Waals surface area contributed by atoms with E-state index in [0.717, 1.165) is 19.2 Å². The van der Waals surface area contributed by atoms with Crippen LogP contribution in [0.1, 0.15) is 37.7 Å². The summed E-state index contributed by atoms with van der Waals surface area (Å²) >= 11 is 12.3. The van der Waals surface area contributed by atoms with Gasteiger partial charge >= 0.3 is 0 Å². The normalized spacial score (nSPS) is 40.7. The van der Waals surface area contributed by atoms with E-state index in [9.17, 15) is 0 Å². The van der Waals surface area contributed by atoms with Crippen LogP contribution >= 0.6 is 23.2 Å². The van der Waals surface area contributed by atoms with Crippen molar-refractivity contribution in [2.75, 3.05) is 13.2 Å². The number of rotatable bonds is 3. The van der Waals surface area contributed by atoms with Crippen molar-refractivity contribution in [3.8, 4) is 0 Å². The Labute approximate surface area is 136 Å². The average molecular weight is 326 g/mol. The Morgan fingerprint density at radius 3 is 2.86 bits per heavy atom. The van der Waals surface area contributed by atoms with Crippen molar-refractivity contribution >= 4 is 23.2 Å². The van der Waals surface area contributed by atoms with Crippen molar-refractivity contribution in [3.05, 3.63) is 33.8 Å². The van der Waals surface area contributed by atoms with Gasteiger partial charge in [-0.15, -0.1) is 0 Å². The highest BCUT2D eigenvalue weighted by molar-refractivity contribution is 6.42. The van der Waals surface area contributed by atoms with Gasteiger partial charge in [-0.05, 0) is 49.8 Å². The fraction of sp³-hybridized carbons (Fsp3) is 0.647. The molecule has 3 heterocycles. The lowest BCUT2D eigenvalue weighted by atomic mass is 9.76. The molecule has 6 atom stereocenters. The number of hydrogen-bond acceptors (Lipinski definition) is 2. The van der Waals surface area contributed by atoms with Gasteiger partial charge in [0.2, 0.25) is 0 Å². The van der Waals surface area contributed by atoms with Crippen molar-refractivity contribution in [1.82, 2.24) is 4.90 Å². The highest BCUT2D eigenvalue weighted by Gasteiger charge is 2.55. The fourth-order valence-corrected chi connectivity index (χ4v) is 5.26. The molecule has 1 aromatic rings. The molecule has 0 spiro atoms. The largest absolute Gasteiger partial charge is 0.377 e. The van der Waals surface area contributed by atoms with E-state index in [4.69, 9.17) is 27.9 Å². The molecule has 4 rings (SSSR count).